The summed E-state index contributed by atoms with van der Waals surface area (Å²) >= 11 is 0. The highest BCUT2D eigenvalue weighted by atomic mass is 16.5. The summed E-state index contributed by atoms with van der Waals surface area (Å²) in [4.78, 5) is 12.2. The average Bonchev–Trinajstić information content (AvgIpc) is 2.50. The quantitative estimate of drug-likeness (QED) is 0.786. The Bertz CT molecular complexity index is 457. The second-order valence-corrected chi connectivity index (χ2v) is 4.14. The van der Waals surface area contributed by atoms with Crippen molar-refractivity contribution < 1.29 is 24.1 Å². The molecule has 1 aromatic rings. The minimum atomic E-state index is -0.330. The number of carbonyl (C=O) groups excluding carboxylic acids is 1. The fourth-order valence-electron chi connectivity index (χ4n) is 1.82. The van der Waals surface area contributed by atoms with Crippen molar-refractivity contribution in [3.63, 3.8) is 0 Å². The van der Waals surface area contributed by atoms with Crippen LogP contribution in [0.5, 0.6) is 17.2 Å². The fourth-order valence-corrected chi connectivity index (χ4v) is 1.82. The second-order valence-electron chi connectivity index (χ2n) is 4.14. The van der Waals surface area contributed by atoms with Crippen molar-refractivity contribution in [3.05, 3.63) is 17.7 Å². The monoisotopic (exact) mass is 283 g/mol. The number of carbonyl (C=O) groups is 1. The number of aliphatic hydroxyl groups is 1. The van der Waals surface area contributed by atoms with E-state index in [2.05, 4.69) is 5.32 Å². The van der Waals surface area contributed by atoms with E-state index >= 15 is 0 Å². The lowest BCUT2D eigenvalue weighted by atomic mass is 10.1. The summed E-state index contributed by atoms with van der Waals surface area (Å²) in [6, 6.07) is 2.94. The number of amides is 1. The lowest BCUT2D eigenvalue weighted by molar-refractivity contribution is 0.0911. The van der Waals surface area contributed by atoms with Crippen LogP contribution < -0.4 is 19.5 Å². The molecule has 0 saturated carbocycles. The molecule has 2 N–H and O–H groups in total. The molecule has 6 heteroatoms. The summed E-state index contributed by atoms with van der Waals surface area (Å²) in [6.07, 6.45) is 0.637. The Labute approximate surface area is 118 Å². The van der Waals surface area contributed by atoms with E-state index in [1.807, 2.05) is 6.92 Å². The molecule has 0 radical (unpaired) electrons. The molecule has 0 aliphatic rings. The van der Waals surface area contributed by atoms with E-state index < -0.39 is 0 Å². The maximum Gasteiger partial charge on any atom is 0.255 e. The Morgan fingerprint density at radius 2 is 1.85 bits per heavy atom. The molecule has 0 aliphatic heterocycles. The van der Waals surface area contributed by atoms with Crippen LogP contribution in [0.3, 0.4) is 0 Å². The van der Waals surface area contributed by atoms with Gasteiger partial charge in [0.1, 0.15) is 0 Å². The van der Waals surface area contributed by atoms with Gasteiger partial charge in [0.2, 0.25) is 5.75 Å². The zero-order valence-electron chi connectivity index (χ0n) is 12.2. The predicted octanol–water partition coefficient (Wildman–Crippen LogP) is 1.21. The van der Waals surface area contributed by atoms with E-state index in [9.17, 15) is 4.79 Å². The van der Waals surface area contributed by atoms with Gasteiger partial charge in [-0.2, -0.15) is 0 Å². The van der Waals surface area contributed by atoms with Crippen LogP contribution in [0, 0.1) is 0 Å². The third-order valence-corrected chi connectivity index (χ3v) is 3.00. The maximum atomic E-state index is 12.2. The van der Waals surface area contributed by atoms with Crippen LogP contribution in [-0.2, 0) is 0 Å². The molecule has 0 fully saturated rings. The van der Waals surface area contributed by atoms with E-state index in [0.717, 1.165) is 0 Å². The van der Waals surface area contributed by atoms with Gasteiger partial charge in [0, 0.05) is 0 Å². The third-order valence-electron chi connectivity index (χ3n) is 3.00. The lowest BCUT2D eigenvalue weighted by Gasteiger charge is -2.18. The Balaban J connectivity index is 3.14. The van der Waals surface area contributed by atoms with Gasteiger partial charge in [0.15, 0.2) is 11.5 Å². The molecule has 0 aliphatic carbocycles. The van der Waals surface area contributed by atoms with E-state index in [4.69, 9.17) is 19.3 Å². The van der Waals surface area contributed by atoms with Gasteiger partial charge in [0.25, 0.3) is 5.91 Å². The number of methoxy groups -OCH3 is 3. The number of ether oxygens (including phenoxy) is 3. The Kier molecular flexibility index (Phi) is 6.11. The minimum Gasteiger partial charge on any atom is -0.493 e. The molecule has 0 aromatic heterocycles. The Hall–Kier alpha value is -1.95. The molecule has 1 amide bonds. The van der Waals surface area contributed by atoms with Crippen molar-refractivity contribution in [1.82, 2.24) is 5.32 Å². The molecule has 6 nitrogen and oxygen atoms in total. The molecule has 112 valence electrons. The molecule has 1 atom stereocenters. The van der Waals surface area contributed by atoms with Gasteiger partial charge in [-0.1, -0.05) is 6.92 Å². The first-order valence-corrected chi connectivity index (χ1v) is 6.33. The van der Waals surface area contributed by atoms with Crippen LogP contribution in [0.2, 0.25) is 0 Å². The van der Waals surface area contributed by atoms with Crippen LogP contribution in [0.15, 0.2) is 12.1 Å². The number of aliphatic hydroxyl groups excluding tert-OH is 1. The highest BCUT2D eigenvalue weighted by Gasteiger charge is 2.21. The number of nitrogens with one attached hydrogen (secondary N) is 1. The zero-order chi connectivity index (χ0) is 15.1. The summed E-state index contributed by atoms with van der Waals surface area (Å²) in [5.41, 5.74) is 0.331. The molecule has 0 saturated heterocycles. The van der Waals surface area contributed by atoms with Gasteiger partial charge in [-0.15, -0.1) is 0 Å². The second kappa shape index (κ2) is 7.59. The smallest absolute Gasteiger partial charge is 0.255 e. The summed E-state index contributed by atoms with van der Waals surface area (Å²) in [5, 5.41) is 11.9. The van der Waals surface area contributed by atoms with Gasteiger partial charge in [0.05, 0.1) is 39.5 Å². The molecule has 0 bridgehead atoms. The van der Waals surface area contributed by atoms with Gasteiger partial charge in [-0.3, -0.25) is 4.79 Å². The number of hydrogen-bond acceptors (Lipinski definition) is 5. The third kappa shape index (κ3) is 3.33. The van der Waals surface area contributed by atoms with Crippen molar-refractivity contribution in [3.8, 4) is 17.2 Å². The van der Waals surface area contributed by atoms with Crippen molar-refractivity contribution in [1.29, 1.82) is 0 Å². The van der Waals surface area contributed by atoms with Crippen molar-refractivity contribution in [2.24, 2.45) is 0 Å². The summed E-state index contributed by atoms with van der Waals surface area (Å²) in [5.74, 6) is 0.815. The number of hydrogen-bond donors (Lipinski definition) is 2. The van der Waals surface area contributed by atoms with E-state index in [0.29, 0.717) is 29.2 Å². The van der Waals surface area contributed by atoms with Crippen LogP contribution in [0.4, 0.5) is 0 Å². The SMILES string of the molecule is CC[C@H](CO)NC(=O)c1ccc(OC)c(OC)c1OC. The molecule has 0 unspecified atom stereocenters. The standard InChI is InChI=1S/C14H21NO5/c1-5-9(8-16)15-14(17)10-6-7-11(18-2)13(20-4)12(10)19-3/h6-7,9,16H,5,8H2,1-4H3,(H,15,17)/t9-/m1/s1. The summed E-state index contributed by atoms with van der Waals surface area (Å²) < 4.78 is 15.6. The Morgan fingerprint density at radius 1 is 1.20 bits per heavy atom. The first kappa shape index (κ1) is 16.1. The molecular formula is C14H21NO5. The zero-order valence-corrected chi connectivity index (χ0v) is 12.2. The van der Waals surface area contributed by atoms with Crippen LogP contribution in [0.1, 0.15) is 23.7 Å². The first-order chi connectivity index (χ1) is 9.62. The number of benzene rings is 1. The largest absolute Gasteiger partial charge is 0.493 e. The molecule has 1 aromatic carbocycles. The fraction of sp³-hybridized carbons (Fsp3) is 0.500. The van der Waals surface area contributed by atoms with Crippen molar-refractivity contribution in [2.75, 3.05) is 27.9 Å². The van der Waals surface area contributed by atoms with Crippen LogP contribution in [-0.4, -0.2) is 45.0 Å². The number of rotatable bonds is 7. The van der Waals surface area contributed by atoms with Crippen LogP contribution in [0.25, 0.3) is 0 Å². The predicted molar refractivity (Wildman–Crippen MR) is 74.7 cm³/mol. The lowest BCUT2D eigenvalue weighted by Crippen LogP contribution is -2.37. The van der Waals surface area contributed by atoms with Gasteiger partial charge in [-0.05, 0) is 18.6 Å². The minimum absolute atomic E-state index is 0.113. The normalized spacial score (nSPS) is 11.7. The molecular weight excluding hydrogens is 262 g/mol. The van der Waals surface area contributed by atoms with E-state index in [1.54, 1.807) is 12.1 Å². The molecule has 0 heterocycles. The highest BCUT2D eigenvalue weighted by molar-refractivity contribution is 5.98. The van der Waals surface area contributed by atoms with Gasteiger partial charge >= 0.3 is 0 Å². The van der Waals surface area contributed by atoms with Crippen LogP contribution >= 0.6 is 0 Å². The average molecular weight is 283 g/mol. The summed E-state index contributed by atoms with van der Waals surface area (Å²) in [6.45, 7) is 1.77. The molecule has 20 heavy (non-hydrogen) atoms. The van der Waals surface area contributed by atoms with E-state index in [-0.39, 0.29) is 18.6 Å². The maximum absolute atomic E-state index is 12.2. The van der Waals surface area contributed by atoms with Crippen molar-refractivity contribution in [2.45, 2.75) is 19.4 Å². The molecule has 1 rings (SSSR count). The van der Waals surface area contributed by atoms with Gasteiger partial charge in [-0.25, -0.2) is 0 Å². The summed E-state index contributed by atoms with van der Waals surface area (Å²) in [7, 11) is 4.44. The highest BCUT2D eigenvalue weighted by Crippen LogP contribution is 2.39. The van der Waals surface area contributed by atoms with Gasteiger partial charge < -0.3 is 24.6 Å². The molecule has 0 spiro atoms. The van der Waals surface area contributed by atoms with Crippen molar-refractivity contribution >= 4 is 5.91 Å². The first-order valence-electron chi connectivity index (χ1n) is 6.33. The Morgan fingerprint density at radius 3 is 2.30 bits per heavy atom. The van der Waals surface area contributed by atoms with E-state index in [1.165, 1.54) is 21.3 Å². The topological polar surface area (TPSA) is 77.0 Å².